The van der Waals surface area contributed by atoms with Crippen molar-refractivity contribution in [1.82, 2.24) is 0 Å². The minimum Gasteiger partial charge on any atom is -0.207 e. The summed E-state index contributed by atoms with van der Waals surface area (Å²) in [4.78, 5) is 0. The maximum absolute atomic E-state index is 12.1. The monoisotopic (exact) mass is 126 g/mol. The second-order valence-electron chi connectivity index (χ2n) is 2.15. The minimum atomic E-state index is -0.462. The van der Waals surface area contributed by atoms with Crippen LogP contribution < -0.4 is 0 Å². The molecule has 0 aromatic rings. The second-order valence-corrected chi connectivity index (χ2v) is 2.15. The molecule has 9 heavy (non-hydrogen) atoms. The predicted octanol–water partition coefficient (Wildman–Crippen LogP) is 2.99. The Morgan fingerprint density at radius 1 is 1.33 bits per heavy atom. The molecule has 0 radical (unpaired) electrons. The van der Waals surface area contributed by atoms with Gasteiger partial charge in [-0.2, -0.15) is 0 Å². The molecule has 0 aromatic heterocycles. The third-order valence-corrected chi connectivity index (χ3v) is 0.811. The summed E-state index contributed by atoms with van der Waals surface area (Å²) in [6.45, 7) is 10.3. The molecule has 50 valence electrons. The van der Waals surface area contributed by atoms with Gasteiger partial charge in [-0.25, -0.2) is 4.39 Å². The first kappa shape index (κ1) is 8.15. The van der Waals surface area contributed by atoms with E-state index in [1.54, 1.807) is 6.08 Å². The van der Waals surface area contributed by atoms with Crippen molar-refractivity contribution in [2.24, 2.45) is 0 Å². The van der Waals surface area contributed by atoms with E-state index in [9.17, 15) is 4.39 Å². The maximum Gasteiger partial charge on any atom is 0.122 e. The number of rotatable bonds is 2. The summed E-state index contributed by atoms with van der Waals surface area (Å²) in [5.74, 6) is -0.462. The lowest BCUT2D eigenvalue weighted by Crippen LogP contribution is -1.74. The topological polar surface area (TPSA) is 0 Å². The molecule has 0 fully saturated rings. The lowest BCUT2D eigenvalue weighted by atomic mass is 10.2. The first-order valence-corrected chi connectivity index (χ1v) is 2.72. The van der Waals surface area contributed by atoms with Gasteiger partial charge in [0.1, 0.15) is 5.83 Å². The number of allylic oxidation sites excluding steroid dienone is 4. The summed E-state index contributed by atoms with van der Waals surface area (Å²) in [7, 11) is 0. The Balaban J connectivity index is 4.09. The normalized spacial score (nSPS) is 8.33. The van der Waals surface area contributed by atoms with Gasteiger partial charge in [0.25, 0.3) is 0 Å². The fourth-order valence-corrected chi connectivity index (χ4v) is 0.427. The lowest BCUT2D eigenvalue weighted by molar-refractivity contribution is 0.662. The van der Waals surface area contributed by atoms with Crippen molar-refractivity contribution in [2.75, 3.05) is 0 Å². The van der Waals surface area contributed by atoms with Gasteiger partial charge in [0, 0.05) is 5.57 Å². The van der Waals surface area contributed by atoms with Gasteiger partial charge in [0.05, 0.1) is 0 Å². The predicted molar refractivity (Wildman–Crippen MR) is 38.8 cm³/mol. The Labute approximate surface area is 55.4 Å². The van der Waals surface area contributed by atoms with Crippen LogP contribution in [0.2, 0.25) is 0 Å². The third-order valence-electron chi connectivity index (χ3n) is 0.811. The highest BCUT2D eigenvalue weighted by Crippen LogP contribution is 2.09. The maximum atomic E-state index is 12.1. The highest BCUT2D eigenvalue weighted by Gasteiger charge is 1.91. The molecular weight excluding hydrogens is 115 g/mol. The van der Waals surface area contributed by atoms with Crippen LogP contribution in [-0.2, 0) is 0 Å². The Morgan fingerprint density at radius 3 is 1.89 bits per heavy atom. The smallest absolute Gasteiger partial charge is 0.122 e. The van der Waals surface area contributed by atoms with Crippen LogP contribution in [0.1, 0.15) is 13.8 Å². The first-order valence-electron chi connectivity index (χ1n) is 2.72. The summed E-state index contributed by atoms with van der Waals surface area (Å²) in [5.41, 5.74) is 1.38. The summed E-state index contributed by atoms with van der Waals surface area (Å²) < 4.78 is 12.1. The zero-order valence-electron chi connectivity index (χ0n) is 5.87. The van der Waals surface area contributed by atoms with Gasteiger partial charge in [-0.1, -0.05) is 24.8 Å². The SMILES string of the molecule is C=C(F)C(=C)C=C(C)C. The Bertz CT molecular complexity index is 159. The van der Waals surface area contributed by atoms with Crippen LogP contribution in [0, 0.1) is 0 Å². The van der Waals surface area contributed by atoms with Crippen LogP contribution in [0.25, 0.3) is 0 Å². The molecule has 0 unspecified atom stereocenters. The molecule has 1 heteroatoms. The molecular formula is C8H11F. The summed E-state index contributed by atoms with van der Waals surface area (Å²) in [6, 6.07) is 0. The summed E-state index contributed by atoms with van der Waals surface area (Å²) >= 11 is 0. The van der Waals surface area contributed by atoms with Crippen LogP contribution in [0.3, 0.4) is 0 Å². The van der Waals surface area contributed by atoms with Gasteiger partial charge in [-0.05, 0) is 13.8 Å². The fraction of sp³-hybridized carbons (Fsp3) is 0.250. The van der Waals surface area contributed by atoms with Crippen molar-refractivity contribution in [3.8, 4) is 0 Å². The zero-order chi connectivity index (χ0) is 7.44. The molecule has 0 bridgehead atoms. The van der Waals surface area contributed by atoms with Gasteiger partial charge >= 0.3 is 0 Å². The molecule has 0 aliphatic heterocycles. The van der Waals surface area contributed by atoms with Crippen molar-refractivity contribution in [1.29, 1.82) is 0 Å². The van der Waals surface area contributed by atoms with Gasteiger partial charge in [0.15, 0.2) is 0 Å². The average Bonchev–Trinajstić information content (AvgIpc) is 1.63. The van der Waals surface area contributed by atoms with Crippen molar-refractivity contribution in [2.45, 2.75) is 13.8 Å². The van der Waals surface area contributed by atoms with E-state index in [-0.39, 0.29) is 0 Å². The fourth-order valence-electron chi connectivity index (χ4n) is 0.427. The zero-order valence-corrected chi connectivity index (χ0v) is 5.87. The second kappa shape index (κ2) is 3.23. The Morgan fingerprint density at radius 2 is 1.78 bits per heavy atom. The van der Waals surface area contributed by atoms with E-state index in [2.05, 4.69) is 13.2 Å². The number of hydrogen-bond donors (Lipinski definition) is 0. The van der Waals surface area contributed by atoms with E-state index in [0.29, 0.717) is 5.57 Å². The van der Waals surface area contributed by atoms with E-state index in [1.165, 1.54) is 0 Å². The van der Waals surface area contributed by atoms with E-state index in [0.717, 1.165) is 5.57 Å². The van der Waals surface area contributed by atoms with Crippen molar-refractivity contribution < 1.29 is 4.39 Å². The molecule has 0 rings (SSSR count). The van der Waals surface area contributed by atoms with Gasteiger partial charge < -0.3 is 0 Å². The first-order chi connectivity index (χ1) is 4.04. The molecule has 0 amide bonds. The number of hydrogen-bond acceptors (Lipinski definition) is 0. The molecule has 0 N–H and O–H groups in total. The highest BCUT2D eigenvalue weighted by molar-refractivity contribution is 5.32. The standard InChI is InChI=1S/C8H11F/c1-6(2)5-7(3)8(4)9/h5H,3-4H2,1-2H3. The minimum absolute atomic E-state index is 0.356. The molecule has 0 saturated carbocycles. The van der Waals surface area contributed by atoms with Crippen LogP contribution in [0.4, 0.5) is 4.39 Å². The van der Waals surface area contributed by atoms with E-state index in [4.69, 9.17) is 0 Å². The molecule has 0 nitrogen and oxygen atoms in total. The van der Waals surface area contributed by atoms with Crippen molar-refractivity contribution >= 4 is 0 Å². The number of halogens is 1. The van der Waals surface area contributed by atoms with Crippen LogP contribution in [-0.4, -0.2) is 0 Å². The quantitative estimate of drug-likeness (QED) is 0.499. The van der Waals surface area contributed by atoms with Gasteiger partial charge in [-0.15, -0.1) is 0 Å². The van der Waals surface area contributed by atoms with Crippen LogP contribution >= 0.6 is 0 Å². The average molecular weight is 126 g/mol. The molecule has 0 spiro atoms. The summed E-state index contributed by atoms with van der Waals surface area (Å²) in [6.07, 6.45) is 1.66. The highest BCUT2D eigenvalue weighted by atomic mass is 19.1. The van der Waals surface area contributed by atoms with E-state index in [1.807, 2.05) is 13.8 Å². The third kappa shape index (κ3) is 3.71. The van der Waals surface area contributed by atoms with Crippen molar-refractivity contribution in [3.05, 3.63) is 36.2 Å². The molecule has 0 aliphatic carbocycles. The molecule has 0 atom stereocenters. The Kier molecular flexibility index (Phi) is 2.93. The van der Waals surface area contributed by atoms with Gasteiger partial charge in [0.2, 0.25) is 0 Å². The van der Waals surface area contributed by atoms with E-state index >= 15 is 0 Å². The molecule has 0 saturated heterocycles. The summed E-state index contributed by atoms with van der Waals surface area (Å²) in [5, 5.41) is 0. The molecule has 0 aliphatic rings. The largest absolute Gasteiger partial charge is 0.207 e. The van der Waals surface area contributed by atoms with Crippen LogP contribution in [0.15, 0.2) is 36.2 Å². The molecule has 0 heterocycles. The lowest BCUT2D eigenvalue weighted by Gasteiger charge is -1.92. The van der Waals surface area contributed by atoms with Gasteiger partial charge in [-0.3, -0.25) is 0 Å². The molecule has 0 aromatic carbocycles. The van der Waals surface area contributed by atoms with Crippen molar-refractivity contribution in [3.63, 3.8) is 0 Å². The van der Waals surface area contributed by atoms with Crippen LogP contribution in [0.5, 0.6) is 0 Å². The Hall–Kier alpha value is -0.850. The van der Waals surface area contributed by atoms with E-state index < -0.39 is 5.83 Å².